The van der Waals surface area contributed by atoms with Gasteiger partial charge in [0.1, 0.15) is 11.4 Å². The van der Waals surface area contributed by atoms with E-state index in [-0.39, 0.29) is 10.6 Å². The fraction of sp³-hybridized carbons (Fsp3) is 0.353. The maximum absolute atomic E-state index is 12.5. The van der Waals surface area contributed by atoms with Crippen LogP contribution in [0, 0.1) is 13.8 Å². The second kappa shape index (κ2) is 6.44. The lowest BCUT2D eigenvalue weighted by atomic mass is 10.1. The van der Waals surface area contributed by atoms with Crippen LogP contribution >= 0.6 is 0 Å². The first-order chi connectivity index (χ1) is 11.8. The zero-order chi connectivity index (χ0) is 18.2. The molecule has 0 atom stereocenters. The minimum absolute atomic E-state index is 0.0652. The normalized spacial score (nSPS) is 14.2. The number of ether oxygens (including phenoxy) is 1. The molecule has 1 heterocycles. The van der Waals surface area contributed by atoms with Gasteiger partial charge in [0.05, 0.1) is 12.0 Å². The van der Waals surface area contributed by atoms with Gasteiger partial charge in [-0.2, -0.15) is 5.10 Å². The molecule has 1 aliphatic rings. The molecule has 25 heavy (non-hydrogen) atoms. The molecule has 2 aromatic rings. The Kier molecular flexibility index (Phi) is 4.47. The van der Waals surface area contributed by atoms with Gasteiger partial charge in [-0.25, -0.2) is 13.1 Å². The Bertz CT molecular complexity index is 937. The second-order valence-electron chi connectivity index (χ2n) is 6.09. The molecule has 8 heteroatoms. The van der Waals surface area contributed by atoms with E-state index in [2.05, 4.69) is 10.2 Å². The quantitative estimate of drug-likeness (QED) is 0.876. The number of methoxy groups -OCH3 is 1. The number of aryl methyl sites for hydroxylation is 1. The summed E-state index contributed by atoms with van der Waals surface area (Å²) in [5.41, 5.74) is 2.02. The zero-order valence-corrected chi connectivity index (χ0v) is 15.1. The lowest BCUT2D eigenvalue weighted by molar-refractivity contribution is 0.0975. The number of rotatable bonds is 5. The monoisotopic (exact) mass is 361 g/mol. The van der Waals surface area contributed by atoms with E-state index in [9.17, 15) is 13.2 Å². The average molecular weight is 361 g/mol. The van der Waals surface area contributed by atoms with Gasteiger partial charge in [0.15, 0.2) is 5.69 Å². The van der Waals surface area contributed by atoms with Gasteiger partial charge in [-0.1, -0.05) is 12.1 Å². The number of aromatic nitrogens is 2. The summed E-state index contributed by atoms with van der Waals surface area (Å²) in [6.07, 6.45) is 2.02. The van der Waals surface area contributed by atoms with Gasteiger partial charge >= 0.3 is 0 Å². The Morgan fingerprint density at radius 2 is 1.96 bits per heavy atom. The maximum Gasteiger partial charge on any atom is 0.285 e. The number of nitrogens with one attached hydrogen (secondary N) is 1. The Hall–Kier alpha value is -2.48. The van der Waals surface area contributed by atoms with Crippen LogP contribution in [0.15, 0.2) is 29.2 Å². The molecule has 3 rings (SSSR count). The Labute approximate surface area is 146 Å². The summed E-state index contributed by atoms with van der Waals surface area (Å²) >= 11 is 0. The molecule has 0 unspecified atom stereocenters. The van der Waals surface area contributed by atoms with E-state index >= 15 is 0 Å². The van der Waals surface area contributed by atoms with E-state index in [1.54, 1.807) is 13.0 Å². The van der Waals surface area contributed by atoms with E-state index in [1.807, 2.05) is 17.7 Å². The van der Waals surface area contributed by atoms with Gasteiger partial charge in [-0.05, 0) is 43.9 Å². The van der Waals surface area contributed by atoms with Crippen molar-refractivity contribution < 1.29 is 17.9 Å². The summed E-state index contributed by atoms with van der Waals surface area (Å²) in [5, 5.41) is 7.90. The number of hydrogen-bond acceptors (Lipinski definition) is 6. The SMILES string of the molecule is COc1cc(C(=O)NS(=O)(=O)c2cccc(C)c2C)nnc1C1CC1. The number of hydrogen-bond donors (Lipinski definition) is 1. The number of carbonyl (C=O) groups excluding carboxylic acids is 1. The molecule has 0 bridgehead atoms. The molecule has 7 nitrogen and oxygen atoms in total. The van der Waals surface area contributed by atoms with Crippen LogP contribution in [-0.2, 0) is 10.0 Å². The highest BCUT2D eigenvalue weighted by molar-refractivity contribution is 7.90. The van der Waals surface area contributed by atoms with Crippen LogP contribution in [0.25, 0.3) is 0 Å². The number of nitrogens with zero attached hydrogens (tertiary/aromatic N) is 2. The van der Waals surface area contributed by atoms with Crippen LogP contribution in [0.5, 0.6) is 5.75 Å². The molecule has 0 saturated heterocycles. The minimum atomic E-state index is -4.00. The van der Waals surface area contributed by atoms with Crippen molar-refractivity contribution in [2.75, 3.05) is 7.11 Å². The van der Waals surface area contributed by atoms with Gasteiger partial charge in [0.25, 0.3) is 15.9 Å². The number of carbonyl (C=O) groups is 1. The summed E-state index contributed by atoms with van der Waals surface area (Å²) < 4.78 is 32.3. The number of sulfonamides is 1. The molecular formula is C17H19N3O4S. The van der Waals surface area contributed by atoms with Crippen molar-refractivity contribution in [3.05, 3.63) is 46.8 Å². The summed E-state index contributed by atoms with van der Waals surface area (Å²) in [5.74, 6) is -0.0842. The van der Waals surface area contributed by atoms with Gasteiger partial charge in [0, 0.05) is 12.0 Å². The molecule has 1 aliphatic carbocycles. The van der Waals surface area contributed by atoms with Crippen molar-refractivity contribution in [1.82, 2.24) is 14.9 Å². The van der Waals surface area contributed by atoms with E-state index in [0.717, 1.165) is 18.4 Å². The highest BCUT2D eigenvalue weighted by Crippen LogP contribution is 2.42. The van der Waals surface area contributed by atoms with Crippen molar-refractivity contribution in [2.45, 2.75) is 37.5 Å². The summed E-state index contributed by atoms with van der Waals surface area (Å²) in [6.45, 7) is 3.50. The minimum Gasteiger partial charge on any atom is -0.495 e. The third-order valence-electron chi connectivity index (χ3n) is 4.27. The molecule has 0 radical (unpaired) electrons. The highest BCUT2D eigenvalue weighted by atomic mass is 32.2. The van der Waals surface area contributed by atoms with Crippen molar-refractivity contribution >= 4 is 15.9 Å². The van der Waals surface area contributed by atoms with Crippen LogP contribution in [0.1, 0.15) is 46.1 Å². The molecule has 0 spiro atoms. The number of amides is 1. The van der Waals surface area contributed by atoms with Gasteiger partial charge < -0.3 is 4.74 Å². The standard InChI is InChI=1S/C17H19N3O4S/c1-10-5-4-6-15(11(10)2)25(22,23)20-17(21)13-9-14(24-3)16(19-18-13)12-7-8-12/h4-6,9,12H,7-8H2,1-3H3,(H,20,21). The molecular weight excluding hydrogens is 342 g/mol. The molecule has 1 fully saturated rings. The van der Waals surface area contributed by atoms with Crippen molar-refractivity contribution in [1.29, 1.82) is 0 Å². The van der Waals surface area contributed by atoms with Crippen LogP contribution in [-0.4, -0.2) is 31.6 Å². The zero-order valence-electron chi connectivity index (χ0n) is 14.2. The maximum atomic E-state index is 12.5. The Balaban J connectivity index is 1.87. The Morgan fingerprint density at radius 3 is 2.60 bits per heavy atom. The molecule has 0 aliphatic heterocycles. The lowest BCUT2D eigenvalue weighted by Crippen LogP contribution is -2.32. The second-order valence-corrected chi connectivity index (χ2v) is 7.74. The number of benzene rings is 1. The van der Waals surface area contributed by atoms with Crippen LogP contribution in [0.4, 0.5) is 0 Å². The highest BCUT2D eigenvalue weighted by Gasteiger charge is 2.30. The van der Waals surface area contributed by atoms with Gasteiger partial charge in [0.2, 0.25) is 0 Å². The van der Waals surface area contributed by atoms with E-state index in [4.69, 9.17) is 4.74 Å². The smallest absolute Gasteiger partial charge is 0.285 e. The van der Waals surface area contributed by atoms with Crippen LogP contribution < -0.4 is 9.46 Å². The van der Waals surface area contributed by atoms with Gasteiger partial charge in [-0.3, -0.25) is 4.79 Å². The van der Waals surface area contributed by atoms with Gasteiger partial charge in [-0.15, -0.1) is 5.10 Å². The first kappa shape index (κ1) is 17.3. The average Bonchev–Trinajstić information content (AvgIpc) is 3.41. The molecule has 132 valence electrons. The largest absolute Gasteiger partial charge is 0.495 e. The molecule has 1 aromatic heterocycles. The van der Waals surface area contributed by atoms with E-state index in [0.29, 0.717) is 22.9 Å². The topological polar surface area (TPSA) is 98.2 Å². The fourth-order valence-corrected chi connectivity index (χ4v) is 3.82. The summed E-state index contributed by atoms with van der Waals surface area (Å²) in [4.78, 5) is 12.4. The van der Waals surface area contributed by atoms with Crippen LogP contribution in [0.3, 0.4) is 0 Å². The summed E-state index contributed by atoms with van der Waals surface area (Å²) in [6, 6.07) is 6.33. The van der Waals surface area contributed by atoms with Crippen molar-refractivity contribution in [2.24, 2.45) is 0 Å². The predicted octanol–water partition coefficient (Wildman–Crippen LogP) is 2.10. The summed E-state index contributed by atoms with van der Waals surface area (Å²) in [7, 11) is -2.52. The third kappa shape index (κ3) is 3.48. The molecule has 1 aromatic carbocycles. The van der Waals surface area contributed by atoms with Crippen LogP contribution in [0.2, 0.25) is 0 Å². The van der Waals surface area contributed by atoms with Crippen molar-refractivity contribution in [3.8, 4) is 5.75 Å². The van der Waals surface area contributed by atoms with Crippen molar-refractivity contribution in [3.63, 3.8) is 0 Å². The lowest BCUT2D eigenvalue weighted by Gasteiger charge is -2.11. The van der Waals surface area contributed by atoms with E-state index in [1.165, 1.54) is 19.2 Å². The Morgan fingerprint density at radius 1 is 1.24 bits per heavy atom. The molecule has 1 amide bonds. The fourth-order valence-electron chi connectivity index (χ4n) is 2.54. The first-order valence-electron chi connectivity index (χ1n) is 7.88. The predicted molar refractivity (Wildman–Crippen MR) is 91.1 cm³/mol. The van der Waals surface area contributed by atoms with E-state index < -0.39 is 15.9 Å². The molecule has 1 saturated carbocycles. The third-order valence-corrected chi connectivity index (χ3v) is 5.75. The first-order valence-corrected chi connectivity index (χ1v) is 9.36. The molecule has 1 N–H and O–H groups in total.